The summed E-state index contributed by atoms with van der Waals surface area (Å²) in [4.78, 5) is 14.0. The molecule has 2 aliphatic rings. The van der Waals surface area contributed by atoms with Crippen LogP contribution in [0.15, 0.2) is 74.2 Å². The lowest BCUT2D eigenvalue weighted by atomic mass is 9.80. The van der Waals surface area contributed by atoms with E-state index in [1.165, 1.54) is 16.9 Å². The second-order valence-electron chi connectivity index (χ2n) is 8.62. The van der Waals surface area contributed by atoms with Gasteiger partial charge >= 0.3 is 0 Å². The Morgan fingerprint density at radius 1 is 1.19 bits per heavy atom. The van der Waals surface area contributed by atoms with Gasteiger partial charge in [-0.05, 0) is 41.2 Å². The second-order valence-corrected chi connectivity index (χ2v) is 10.9. The number of benzene rings is 2. The largest absolute Gasteiger partial charge is 0.497 e. The van der Waals surface area contributed by atoms with E-state index in [1.54, 1.807) is 25.1 Å². The van der Waals surface area contributed by atoms with Crippen LogP contribution in [0.2, 0.25) is 0 Å². The number of nitrogens with one attached hydrogen (secondary N) is 1. The van der Waals surface area contributed by atoms with E-state index in [0.717, 1.165) is 38.1 Å². The fourth-order valence-corrected chi connectivity index (χ4v) is 7.01. The number of carbonyl (C=O) groups excluding carboxylic acids is 1. The molecule has 0 saturated carbocycles. The van der Waals surface area contributed by atoms with Crippen molar-refractivity contribution in [3.05, 3.63) is 81.7 Å². The lowest BCUT2D eigenvalue weighted by Crippen LogP contribution is -2.30. The Bertz CT molecular complexity index is 1330. The van der Waals surface area contributed by atoms with Crippen LogP contribution in [0.5, 0.6) is 5.75 Å². The van der Waals surface area contributed by atoms with E-state index in [2.05, 4.69) is 32.8 Å². The maximum atomic E-state index is 13.4. The number of thioether (sulfide) groups is 1. The first-order chi connectivity index (χ1) is 17.7. The van der Waals surface area contributed by atoms with Gasteiger partial charge in [-0.25, -0.2) is 0 Å². The summed E-state index contributed by atoms with van der Waals surface area (Å²) in [6.45, 7) is 0.362. The predicted molar refractivity (Wildman–Crippen MR) is 146 cm³/mol. The number of rotatable bonds is 8. The van der Waals surface area contributed by atoms with Crippen LogP contribution < -0.4 is 10.1 Å². The van der Waals surface area contributed by atoms with Crippen LogP contribution in [0.1, 0.15) is 50.7 Å². The highest BCUT2D eigenvalue weighted by molar-refractivity contribution is 8.00. The number of methoxy groups -OCH3 is 1. The van der Waals surface area contributed by atoms with Gasteiger partial charge in [0.2, 0.25) is 0 Å². The first-order valence-electron chi connectivity index (χ1n) is 11.7. The Kier molecular flexibility index (Phi) is 7.48. The topological polar surface area (TPSA) is 95.6 Å². The van der Waals surface area contributed by atoms with E-state index in [1.807, 2.05) is 42.5 Å². The molecule has 3 aromatic rings. The average molecular weight is 519 g/mol. The molecule has 1 unspecified atom stereocenters. The summed E-state index contributed by atoms with van der Waals surface area (Å²) in [5, 5.41) is 24.7. The fourth-order valence-electron chi connectivity index (χ4n) is 4.47. The third-order valence-corrected chi connectivity index (χ3v) is 8.91. The Morgan fingerprint density at radius 2 is 2.00 bits per heavy atom. The number of ether oxygens (including phenoxy) is 1. The van der Waals surface area contributed by atoms with Crippen molar-refractivity contribution in [2.75, 3.05) is 13.7 Å². The molecule has 1 aliphatic heterocycles. The third kappa shape index (κ3) is 5.22. The Morgan fingerprint density at radius 3 is 2.69 bits per heavy atom. The van der Waals surface area contributed by atoms with Gasteiger partial charge in [0.1, 0.15) is 5.75 Å². The molecular formula is C27H26N4O3S2. The van der Waals surface area contributed by atoms with E-state index in [4.69, 9.17) is 4.74 Å². The molecule has 7 nitrogen and oxygen atoms in total. The van der Waals surface area contributed by atoms with Crippen LogP contribution in [-0.4, -0.2) is 42.4 Å². The Labute approximate surface area is 218 Å². The van der Waals surface area contributed by atoms with Crippen molar-refractivity contribution in [3.63, 3.8) is 0 Å². The van der Waals surface area contributed by atoms with Crippen molar-refractivity contribution in [2.24, 2.45) is 15.4 Å². The lowest BCUT2D eigenvalue weighted by molar-refractivity contribution is 0.0962. The molecule has 2 aromatic carbocycles. The fraction of sp³-hybridized carbons (Fsp3) is 0.259. The van der Waals surface area contributed by atoms with Crippen LogP contribution in [0, 0.1) is 0 Å². The molecule has 184 valence electrons. The number of carbonyl (C=O) groups is 1. The molecule has 0 spiro atoms. The average Bonchev–Trinajstić information content (AvgIpc) is 3.59. The van der Waals surface area contributed by atoms with Crippen molar-refractivity contribution in [3.8, 4) is 5.75 Å². The predicted octanol–water partition coefficient (Wildman–Crippen LogP) is 5.52. The third-order valence-electron chi connectivity index (χ3n) is 6.34. The molecule has 1 aromatic heterocycles. The number of hydrogen-bond acceptors (Lipinski definition) is 8. The highest BCUT2D eigenvalue weighted by atomic mass is 32.2. The standard InChI is InChI=1S/C27H26N4O3S2/c1-34-21-9-7-18(8-10-21)19-13-22-24(23(14-19)31-33)27(35-16-17-5-3-2-4-6-17)36-25(22)26(32)28-15-20-11-12-29-30-20/h2-10,12,19,33H,11,13-16H2,1H3,(H,28,32)/b31-23+. The summed E-state index contributed by atoms with van der Waals surface area (Å²) in [5.41, 5.74) is 5.62. The zero-order valence-electron chi connectivity index (χ0n) is 19.8. The summed E-state index contributed by atoms with van der Waals surface area (Å²) < 4.78 is 6.31. The van der Waals surface area contributed by atoms with E-state index in [0.29, 0.717) is 36.4 Å². The van der Waals surface area contributed by atoms with Crippen molar-refractivity contribution in [1.29, 1.82) is 0 Å². The zero-order chi connectivity index (χ0) is 24.9. The van der Waals surface area contributed by atoms with Gasteiger partial charge in [0.05, 0.1) is 34.2 Å². The molecule has 1 atom stereocenters. The summed E-state index contributed by atoms with van der Waals surface area (Å²) in [5.74, 6) is 1.52. The molecule has 5 rings (SSSR count). The summed E-state index contributed by atoms with van der Waals surface area (Å²) in [6, 6.07) is 18.2. The highest BCUT2D eigenvalue weighted by Gasteiger charge is 2.34. The van der Waals surface area contributed by atoms with Gasteiger partial charge in [-0.3, -0.25) is 4.79 Å². The van der Waals surface area contributed by atoms with Gasteiger partial charge in [0, 0.05) is 30.4 Å². The molecule has 36 heavy (non-hydrogen) atoms. The molecule has 1 aliphatic carbocycles. The molecule has 9 heteroatoms. The monoisotopic (exact) mass is 518 g/mol. The highest BCUT2D eigenvalue weighted by Crippen LogP contribution is 2.45. The van der Waals surface area contributed by atoms with Crippen LogP contribution >= 0.6 is 23.1 Å². The smallest absolute Gasteiger partial charge is 0.262 e. The number of oxime groups is 1. The Hall–Kier alpha value is -3.43. The quantitative estimate of drug-likeness (QED) is 0.233. The molecular weight excluding hydrogens is 492 g/mol. The SMILES string of the molecule is COc1ccc(C2C/C(=N\O)c3c(SCc4ccccc4)sc(C(=O)NCC4=NN=CC4)c3C2)cc1. The summed E-state index contributed by atoms with van der Waals surface area (Å²) in [6.07, 6.45) is 3.68. The molecule has 0 saturated heterocycles. The van der Waals surface area contributed by atoms with Crippen molar-refractivity contribution >= 4 is 46.6 Å². The lowest BCUT2D eigenvalue weighted by Gasteiger charge is -2.25. The van der Waals surface area contributed by atoms with Crippen molar-refractivity contribution in [1.82, 2.24) is 5.32 Å². The van der Waals surface area contributed by atoms with Crippen LogP contribution in [0.4, 0.5) is 0 Å². The first-order valence-corrected chi connectivity index (χ1v) is 13.5. The van der Waals surface area contributed by atoms with Crippen LogP contribution in [0.25, 0.3) is 0 Å². The van der Waals surface area contributed by atoms with E-state index in [9.17, 15) is 10.0 Å². The first kappa shape index (κ1) is 24.3. The van der Waals surface area contributed by atoms with Gasteiger partial charge in [-0.1, -0.05) is 47.6 Å². The number of amides is 1. The summed E-state index contributed by atoms with van der Waals surface area (Å²) >= 11 is 3.15. The van der Waals surface area contributed by atoms with Crippen molar-refractivity contribution in [2.45, 2.75) is 35.1 Å². The van der Waals surface area contributed by atoms with Gasteiger partial charge in [-0.2, -0.15) is 10.2 Å². The normalized spacial score (nSPS) is 17.6. The van der Waals surface area contributed by atoms with E-state index >= 15 is 0 Å². The molecule has 0 fully saturated rings. The summed E-state index contributed by atoms with van der Waals surface area (Å²) in [7, 11) is 1.65. The number of fused-ring (bicyclic) bond motifs is 1. The maximum Gasteiger partial charge on any atom is 0.262 e. The minimum absolute atomic E-state index is 0.0926. The van der Waals surface area contributed by atoms with Gasteiger partial charge < -0.3 is 15.3 Å². The molecule has 0 radical (unpaired) electrons. The number of nitrogens with zero attached hydrogens (tertiary/aromatic N) is 3. The maximum absolute atomic E-state index is 13.4. The number of hydrogen-bond donors (Lipinski definition) is 2. The van der Waals surface area contributed by atoms with E-state index < -0.39 is 0 Å². The molecule has 1 amide bonds. The molecule has 2 heterocycles. The molecule has 2 N–H and O–H groups in total. The second kappa shape index (κ2) is 11.1. The minimum Gasteiger partial charge on any atom is -0.497 e. The van der Waals surface area contributed by atoms with Crippen LogP contribution in [-0.2, 0) is 12.2 Å². The van der Waals surface area contributed by atoms with Crippen LogP contribution in [0.3, 0.4) is 0 Å². The van der Waals surface area contributed by atoms with Gasteiger partial charge in [0.25, 0.3) is 5.91 Å². The number of thiophene rings is 1. The van der Waals surface area contributed by atoms with E-state index in [-0.39, 0.29) is 11.8 Å². The minimum atomic E-state index is -0.134. The van der Waals surface area contributed by atoms with Gasteiger partial charge in [0.15, 0.2) is 0 Å². The zero-order valence-corrected chi connectivity index (χ0v) is 21.4. The molecule has 0 bridgehead atoms. The van der Waals surface area contributed by atoms with Crippen molar-refractivity contribution < 1.29 is 14.7 Å². The Balaban J connectivity index is 1.47. The van der Waals surface area contributed by atoms with Gasteiger partial charge in [-0.15, -0.1) is 23.1 Å².